The molecular weight excluding hydrogens is 462 g/mol. The van der Waals surface area contributed by atoms with Gasteiger partial charge in [0.25, 0.3) is 0 Å². The van der Waals surface area contributed by atoms with Gasteiger partial charge in [-0.2, -0.15) is 5.10 Å². The molecule has 4 aromatic rings. The van der Waals surface area contributed by atoms with Crippen LogP contribution in [0.3, 0.4) is 0 Å². The maximum Gasteiger partial charge on any atom is 0.246 e. The third-order valence-corrected chi connectivity index (χ3v) is 7.68. The zero-order valence-electron chi connectivity index (χ0n) is 21.0. The van der Waals surface area contributed by atoms with Gasteiger partial charge in [-0.05, 0) is 49.5 Å². The molecule has 6 rings (SSSR count). The molecule has 4 heterocycles. The fraction of sp³-hybridized carbons (Fsp3) is 0.310. The molecule has 0 aliphatic carbocycles. The number of hydrogen-bond donors (Lipinski definition) is 1. The molecule has 8 heteroatoms. The molecule has 2 aromatic carbocycles. The molecule has 2 N–H and O–H groups in total. The second kappa shape index (κ2) is 9.35. The molecule has 0 bridgehead atoms. The highest BCUT2D eigenvalue weighted by molar-refractivity contribution is 5.98. The third kappa shape index (κ3) is 4.12. The Kier molecular flexibility index (Phi) is 5.87. The van der Waals surface area contributed by atoms with Gasteiger partial charge in [0.15, 0.2) is 5.65 Å². The highest BCUT2D eigenvalue weighted by Gasteiger charge is 2.28. The Labute approximate surface area is 216 Å². The fourth-order valence-corrected chi connectivity index (χ4v) is 5.77. The van der Waals surface area contributed by atoms with Crippen LogP contribution < -0.4 is 10.6 Å². The standard InChI is InChI=1S/C29H31N7O/c1-3-25(37)34-14-6-8-23(17-34)36-29-26(28(30)31-18-32-29)27(33-36)21-12-10-20(11-13-21)16-35-19(2)15-22-7-4-5-9-24(22)35/h3-5,7,9-13,18-19,23H,1,6,8,14-17H2,2H3,(H2,30,31,32). The molecule has 1 saturated heterocycles. The molecule has 0 saturated carbocycles. The largest absolute Gasteiger partial charge is 0.383 e. The number of aromatic nitrogens is 4. The lowest BCUT2D eigenvalue weighted by Crippen LogP contribution is -2.40. The summed E-state index contributed by atoms with van der Waals surface area (Å²) in [6, 6.07) is 17.7. The maximum atomic E-state index is 12.3. The highest BCUT2D eigenvalue weighted by atomic mass is 16.2. The lowest BCUT2D eigenvalue weighted by atomic mass is 10.1. The number of carbonyl (C=O) groups excluding carboxylic acids is 1. The molecule has 1 fully saturated rings. The van der Waals surface area contributed by atoms with E-state index in [4.69, 9.17) is 10.8 Å². The summed E-state index contributed by atoms with van der Waals surface area (Å²) in [7, 11) is 0. The van der Waals surface area contributed by atoms with E-state index >= 15 is 0 Å². The average Bonchev–Trinajstić information content (AvgIpc) is 3.47. The summed E-state index contributed by atoms with van der Waals surface area (Å²) in [4.78, 5) is 25.4. The van der Waals surface area contributed by atoms with Crippen LogP contribution in [0, 0.1) is 0 Å². The number of piperidine rings is 1. The van der Waals surface area contributed by atoms with Gasteiger partial charge in [0.05, 0.1) is 11.4 Å². The minimum atomic E-state index is -0.0546. The zero-order chi connectivity index (χ0) is 25.5. The lowest BCUT2D eigenvalue weighted by molar-refractivity contribution is -0.127. The zero-order valence-corrected chi connectivity index (χ0v) is 21.0. The first-order valence-corrected chi connectivity index (χ1v) is 12.9. The van der Waals surface area contributed by atoms with Crippen LogP contribution in [-0.2, 0) is 17.8 Å². The second-order valence-electron chi connectivity index (χ2n) is 10.0. The number of rotatable bonds is 5. The number of fused-ring (bicyclic) bond motifs is 2. The molecule has 0 radical (unpaired) electrons. The normalized spacial score (nSPS) is 19.3. The molecule has 8 nitrogen and oxygen atoms in total. The Bertz CT molecular complexity index is 1480. The summed E-state index contributed by atoms with van der Waals surface area (Å²) in [5.41, 5.74) is 12.8. The van der Waals surface area contributed by atoms with Crippen molar-refractivity contribution in [1.29, 1.82) is 0 Å². The van der Waals surface area contributed by atoms with Gasteiger partial charge in [0.1, 0.15) is 17.8 Å². The number of carbonyl (C=O) groups is 1. The molecule has 2 unspecified atom stereocenters. The predicted octanol–water partition coefficient (Wildman–Crippen LogP) is 4.38. The van der Waals surface area contributed by atoms with Crippen molar-refractivity contribution in [2.75, 3.05) is 23.7 Å². The van der Waals surface area contributed by atoms with Crippen LogP contribution in [0.15, 0.2) is 67.5 Å². The number of benzene rings is 2. The molecule has 37 heavy (non-hydrogen) atoms. The van der Waals surface area contributed by atoms with E-state index in [1.54, 1.807) is 0 Å². The number of para-hydroxylation sites is 1. The minimum Gasteiger partial charge on any atom is -0.383 e. The molecule has 1 amide bonds. The predicted molar refractivity (Wildman–Crippen MR) is 146 cm³/mol. The van der Waals surface area contributed by atoms with Crippen molar-refractivity contribution >= 4 is 28.4 Å². The van der Waals surface area contributed by atoms with E-state index in [1.807, 2.05) is 9.58 Å². The Balaban J connectivity index is 1.31. The van der Waals surface area contributed by atoms with Crippen molar-refractivity contribution in [2.45, 2.75) is 44.8 Å². The molecule has 2 aromatic heterocycles. The molecule has 2 aliphatic heterocycles. The minimum absolute atomic E-state index is 0.0131. The van der Waals surface area contributed by atoms with E-state index in [2.05, 4.69) is 76.9 Å². The topological polar surface area (TPSA) is 93.2 Å². The first-order chi connectivity index (χ1) is 18.0. The number of amides is 1. The molecule has 2 atom stereocenters. The number of nitrogen functional groups attached to an aromatic ring is 1. The number of nitrogens with zero attached hydrogens (tertiary/aromatic N) is 6. The summed E-state index contributed by atoms with van der Waals surface area (Å²) in [5, 5.41) is 5.75. The van der Waals surface area contributed by atoms with Crippen molar-refractivity contribution in [3.63, 3.8) is 0 Å². The van der Waals surface area contributed by atoms with Gasteiger partial charge >= 0.3 is 0 Å². The lowest BCUT2D eigenvalue weighted by Gasteiger charge is -2.32. The second-order valence-corrected chi connectivity index (χ2v) is 10.0. The van der Waals surface area contributed by atoms with E-state index in [-0.39, 0.29) is 11.9 Å². The van der Waals surface area contributed by atoms with Crippen molar-refractivity contribution in [1.82, 2.24) is 24.6 Å². The van der Waals surface area contributed by atoms with Crippen LogP contribution in [0.2, 0.25) is 0 Å². The Morgan fingerprint density at radius 3 is 2.78 bits per heavy atom. The van der Waals surface area contributed by atoms with E-state index in [0.717, 1.165) is 49.0 Å². The van der Waals surface area contributed by atoms with Crippen molar-refractivity contribution in [3.8, 4) is 11.3 Å². The monoisotopic (exact) mass is 493 g/mol. The number of anilines is 2. The van der Waals surface area contributed by atoms with Gasteiger partial charge in [-0.25, -0.2) is 14.6 Å². The Hall–Kier alpha value is -4.20. The summed E-state index contributed by atoms with van der Waals surface area (Å²) < 4.78 is 1.93. The molecule has 188 valence electrons. The van der Waals surface area contributed by atoms with Crippen LogP contribution in [-0.4, -0.2) is 49.7 Å². The Morgan fingerprint density at radius 1 is 1.16 bits per heavy atom. The third-order valence-electron chi connectivity index (χ3n) is 7.68. The first-order valence-electron chi connectivity index (χ1n) is 12.9. The van der Waals surface area contributed by atoms with Crippen LogP contribution in [0.25, 0.3) is 22.3 Å². The van der Waals surface area contributed by atoms with E-state index in [1.165, 1.54) is 29.2 Å². The van der Waals surface area contributed by atoms with E-state index in [9.17, 15) is 4.79 Å². The van der Waals surface area contributed by atoms with Gasteiger partial charge in [0.2, 0.25) is 5.91 Å². The van der Waals surface area contributed by atoms with Crippen LogP contribution in [0.1, 0.15) is 36.9 Å². The van der Waals surface area contributed by atoms with Gasteiger partial charge in [-0.15, -0.1) is 0 Å². The summed E-state index contributed by atoms with van der Waals surface area (Å²) in [6.07, 6.45) is 5.74. The van der Waals surface area contributed by atoms with E-state index in [0.29, 0.717) is 24.1 Å². The van der Waals surface area contributed by atoms with Gasteiger partial charge in [-0.3, -0.25) is 4.79 Å². The summed E-state index contributed by atoms with van der Waals surface area (Å²) in [5.74, 6) is 0.355. The van der Waals surface area contributed by atoms with Gasteiger partial charge in [0, 0.05) is 36.9 Å². The molecule has 2 aliphatic rings. The highest BCUT2D eigenvalue weighted by Crippen LogP contribution is 2.35. The maximum absolute atomic E-state index is 12.3. The van der Waals surface area contributed by atoms with Crippen LogP contribution >= 0.6 is 0 Å². The fourth-order valence-electron chi connectivity index (χ4n) is 5.77. The average molecular weight is 494 g/mol. The SMILES string of the molecule is C=CC(=O)N1CCCC(n2nc(-c3ccc(CN4c5ccccc5CC4C)cc3)c3c(N)ncnc32)C1. The first kappa shape index (κ1) is 23.2. The van der Waals surface area contributed by atoms with Gasteiger partial charge < -0.3 is 15.5 Å². The number of likely N-dealkylation sites (tertiary alicyclic amines) is 1. The molecule has 0 spiro atoms. The van der Waals surface area contributed by atoms with Crippen molar-refractivity contribution in [2.24, 2.45) is 0 Å². The van der Waals surface area contributed by atoms with Crippen molar-refractivity contribution in [3.05, 3.63) is 78.6 Å². The summed E-state index contributed by atoms with van der Waals surface area (Å²) in [6.45, 7) is 8.07. The quantitative estimate of drug-likeness (QED) is 0.415. The van der Waals surface area contributed by atoms with Crippen LogP contribution in [0.5, 0.6) is 0 Å². The van der Waals surface area contributed by atoms with E-state index < -0.39 is 0 Å². The van der Waals surface area contributed by atoms with Crippen molar-refractivity contribution < 1.29 is 4.79 Å². The number of nitrogens with two attached hydrogens (primary N) is 1. The van der Waals surface area contributed by atoms with Crippen LogP contribution in [0.4, 0.5) is 11.5 Å². The van der Waals surface area contributed by atoms with Gasteiger partial charge in [-0.1, -0.05) is 49.0 Å². The summed E-state index contributed by atoms with van der Waals surface area (Å²) >= 11 is 0. The number of hydrogen-bond acceptors (Lipinski definition) is 6. The smallest absolute Gasteiger partial charge is 0.246 e. The Morgan fingerprint density at radius 2 is 1.97 bits per heavy atom. The molecular formula is C29H31N7O.